The summed E-state index contributed by atoms with van der Waals surface area (Å²) in [5.74, 6) is 4.79. The molecule has 0 radical (unpaired) electrons. The fraction of sp³-hybridized carbons (Fsp3) is 0.154. The molecule has 3 aromatic carbocycles. The Morgan fingerprint density at radius 1 is 1.00 bits per heavy atom. The highest BCUT2D eigenvalue weighted by Crippen LogP contribution is 2.44. The number of fused-ring (bicyclic) bond motifs is 3. The predicted octanol–water partition coefficient (Wildman–Crippen LogP) is 4.25. The molecule has 0 aromatic heterocycles. The first-order valence-electron chi connectivity index (χ1n) is 10.2. The SMILES string of the molecule is Nc1cc(C#CCCNC(=O)OCC2c3ccccc3-c3ccccc32)ccc1C(=O)O. The van der Waals surface area contributed by atoms with Crippen LogP contribution >= 0.6 is 0 Å². The highest BCUT2D eigenvalue weighted by Gasteiger charge is 2.28. The summed E-state index contributed by atoms with van der Waals surface area (Å²) in [4.78, 5) is 23.1. The Hall–Kier alpha value is -4.24. The maximum atomic E-state index is 12.1. The van der Waals surface area contributed by atoms with Gasteiger partial charge < -0.3 is 20.9 Å². The fourth-order valence-electron chi connectivity index (χ4n) is 3.88. The largest absolute Gasteiger partial charge is 0.478 e. The minimum absolute atomic E-state index is 0.0205. The fourth-order valence-corrected chi connectivity index (χ4v) is 3.88. The van der Waals surface area contributed by atoms with Crippen LogP contribution in [0.15, 0.2) is 66.7 Å². The summed E-state index contributed by atoms with van der Waals surface area (Å²) in [7, 11) is 0. The van der Waals surface area contributed by atoms with Crippen molar-refractivity contribution in [2.75, 3.05) is 18.9 Å². The highest BCUT2D eigenvalue weighted by molar-refractivity contribution is 5.93. The summed E-state index contributed by atoms with van der Waals surface area (Å²) in [5.41, 5.74) is 11.3. The summed E-state index contributed by atoms with van der Waals surface area (Å²) in [6.45, 7) is 0.604. The lowest BCUT2D eigenvalue weighted by Gasteiger charge is -2.14. The van der Waals surface area contributed by atoms with Crippen LogP contribution in [0.25, 0.3) is 11.1 Å². The molecule has 0 atom stereocenters. The number of rotatable bonds is 5. The maximum Gasteiger partial charge on any atom is 0.407 e. The number of alkyl carbamates (subject to hydrolysis) is 1. The molecule has 0 saturated carbocycles. The lowest BCUT2D eigenvalue weighted by molar-refractivity contribution is 0.0698. The first kappa shape index (κ1) is 21.0. The number of carbonyl (C=O) groups excluding carboxylic acids is 1. The Bertz CT molecular complexity index is 1190. The number of ether oxygens (including phenoxy) is 1. The second kappa shape index (κ2) is 9.27. The Kier molecular flexibility index (Phi) is 6.09. The van der Waals surface area contributed by atoms with Gasteiger partial charge in [-0.25, -0.2) is 9.59 Å². The van der Waals surface area contributed by atoms with Crippen LogP contribution in [0.3, 0.4) is 0 Å². The van der Waals surface area contributed by atoms with Crippen LogP contribution in [-0.2, 0) is 4.74 Å². The second-order valence-corrected chi connectivity index (χ2v) is 7.41. The second-order valence-electron chi connectivity index (χ2n) is 7.41. The summed E-state index contributed by atoms with van der Waals surface area (Å²) < 4.78 is 5.49. The highest BCUT2D eigenvalue weighted by atomic mass is 16.5. The summed E-state index contributed by atoms with van der Waals surface area (Å²) in [6.07, 6.45) is -0.0613. The van der Waals surface area contributed by atoms with Crippen molar-refractivity contribution in [3.8, 4) is 23.0 Å². The minimum Gasteiger partial charge on any atom is -0.478 e. The third-order valence-electron chi connectivity index (χ3n) is 5.38. The Morgan fingerprint density at radius 3 is 2.28 bits per heavy atom. The maximum absolute atomic E-state index is 12.1. The molecule has 0 saturated heterocycles. The van der Waals surface area contributed by atoms with E-state index in [2.05, 4.69) is 41.4 Å². The molecule has 1 aliphatic rings. The van der Waals surface area contributed by atoms with Crippen LogP contribution in [0, 0.1) is 11.8 Å². The molecule has 1 aliphatic carbocycles. The summed E-state index contributed by atoms with van der Waals surface area (Å²) in [6, 6.07) is 20.9. The van der Waals surface area contributed by atoms with Crippen molar-refractivity contribution in [1.82, 2.24) is 5.32 Å². The van der Waals surface area contributed by atoms with Crippen molar-refractivity contribution in [2.24, 2.45) is 0 Å². The topological polar surface area (TPSA) is 102 Å². The molecule has 6 heteroatoms. The summed E-state index contributed by atoms with van der Waals surface area (Å²) in [5, 5.41) is 11.7. The first-order chi connectivity index (χ1) is 15.5. The molecular formula is C26H22N2O4. The molecule has 0 bridgehead atoms. The number of carboxylic acids is 1. The first-order valence-corrected chi connectivity index (χ1v) is 10.2. The van der Waals surface area contributed by atoms with E-state index in [1.807, 2.05) is 24.3 Å². The van der Waals surface area contributed by atoms with Crippen LogP contribution in [0.2, 0.25) is 0 Å². The molecule has 4 rings (SSSR count). The molecule has 0 spiro atoms. The molecule has 0 heterocycles. The molecule has 32 heavy (non-hydrogen) atoms. The van der Waals surface area contributed by atoms with E-state index in [9.17, 15) is 9.59 Å². The summed E-state index contributed by atoms with van der Waals surface area (Å²) >= 11 is 0. The zero-order valence-electron chi connectivity index (χ0n) is 17.3. The van der Waals surface area contributed by atoms with E-state index in [1.165, 1.54) is 34.4 Å². The number of nitrogens with two attached hydrogens (primary N) is 1. The van der Waals surface area contributed by atoms with Crippen LogP contribution in [-0.4, -0.2) is 30.3 Å². The molecule has 160 valence electrons. The predicted molar refractivity (Wildman–Crippen MR) is 122 cm³/mol. The van der Waals surface area contributed by atoms with Gasteiger partial charge in [0, 0.05) is 30.1 Å². The number of amides is 1. The van der Waals surface area contributed by atoms with E-state index in [0.29, 0.717) is 18.5 Å². The Morgan fingerprint density at radius 2 is 1.66 bits per heavy atom. The number of benzene rings is 3. The van der Waals surface area contributed by atoms with Gasteiger partial charge in [-0.15, -0.1) is 0 Å². The standard InChI is InChI=1S/C26H22N2O4/c27-24-15-17(12-13-22(24)25(29)30)7-5-6-14-28-26(31)32-16-23-20-10-3-1-8-18(20)19-9-2-4-11-21(19)23/h1-4,8-13,15,23H,6,14,16,27H2,(H,28,31)(H,29,30). The smallest absolute Gasteiger partial charge is 0.407 e. The van der Waals surface area contributed by atoms with Crippen LogP contribution in [0.1, 0.15) is 39.4 Å². The number of nitrogen functional groups attached to an aromatic ring is 1. The van der Waals surface area contributed by atoms with Gasteiger partial charge in [0.1, 0.15) is 6.61 Å². The monoisotopic (exact) mass is 426 g/mol. The van der Waals surface area contributed by atoms with Crippen molar-refractivity contribution in [3.63, 3.8) is 0 Å². The minimum atomic E-state index is -1.07. The molecule has 0 unspecified atom stereocenters. The lowest BCUT2D eigenvalue weighted by atomic mass is 9.98. The normalized spacial score (nSPS) is 11.6. The van der Waals surface area contributed by atoms with Crippen molar-refractivity contribution < 1.29 is 19.4 Å². The molecule has 0 fully saturated rings. The Balaban J connectivity index is 1.28. The number of aromatic carboxylic acids is 1. The average molecular weight is 426 g/mol. The van der Waals surface area contributed by atoms with Gasteiger partial charge in [0.25, 0.3) is 0 Å². The number of anilines is 1. The van der Waals surface area contributed by atoms with Crippen LogP contribution in [0.4, 0.5) is 10.5 Å². The molecule has 3 aromatic rings. The van der Waals surface area contributed by atoms with E-state index in [-0.39, 0.29) is 23.8 Å². The average Bonchev–Trinajstić information content (AvgIpc) is 3.11. The van der Waals surface area contributed by atoms with E-state index >= 15 is 0 Å². The number of hydrogen-bond donors (Lipinski definition) is 3. The zero-order chi connectivity index (χ0) is 22.5. The van der Waals surface area contributed by atoms with E-state index in [1.54, 1.807) is 6.07 Å². The van der Waals surface area contributed by atoms with E-state index < -0.39 is 12.1 Å². The van der Waals surface area contributed by atoms with Gasteiger partial charge in [-0.05, 0) is 40.5 Å². The van der Waals surface area contributed by atoms with Gasteiger partial charge >= 0.3 is 12.1 Å². The number of nitrogens with one attached hydrogen (secondary N) is 1. The quantitative estimate of drug-likeness (QED) is 0.322. The Labute approximate surface area is 186 Å². The van der Waals surface area contributed by atoms with Crippen molar-refractivity contribution in [1.29, 1.82) is 0 Å². The van der Waals surface area contributed by atoms with Gasteiger partial charge in [0.2, 0.25) is 0 Å². The van der Waals surface area contributed by atoms with Crippen molar-refractivity contribution >= 4 is 17.7 Å². The zero-order valence-corrected chi connectivity index (χ0v) is 17.3. The van der Waals surface area contributed by atoms with Gasteiger partial charge in [0.05, 0.1) is 5.56 Å². The molecule has 0 aliphatic heterocycles. The molecular weight excluding hydrogens is 404 g/mol. The van der Waals surface area contributed by atoms with Gasteiger partial charge in [-0.1, -0.05) is 60.4 Å². The van der Waals surface area contributed by atoms with E-state index in [0.717, 1.165) is 0 Å². The van der Waals surface area contributed by atoms with E-state index in [4.69, 9.17) is 15.6 Å². The molecule has 1 amide bonds. The molecule has 6 nitrogen and oxygen atoms in total. The van der Waals surface area contributed by atoms with Crippen molar-refractivity contribution in [3.05, 3.63) is 89.0 Å². The van der Waals surface area contributed by atoms with Gasteiger partial charge in [0.15, 0.2) is 0 Å². The van der Waals surface area contributed by atoms with Crippen LogP contribution < -0.4 is 11.1 Å². The molecule has 4 N–H and O–H groups in total. The number of hydrogen-bond acceptors (Lipinski definition) is 4. The number of carboxylic acid groups (broad SMARTS) is 1. The van der Waals surface area contributed by atoms with Gasteiger partial charge in [-0.2, -0.15) is 0 Å². The third kappa shape index (κ3) is 4.42. The van der Waals surface area contributed by atoms with Crippen molar-refractivity contribution in [2.45, 2.75) is 12.3 Å². The van der Waals surface area contributed by atoms with Gasteiger partial charge in [-0.3, -0.25) is 0 Å². The third-order valence-corrected chi connectivity index (χ3v) is 5.38. The lowest BCUT2D eigenvalue weighted by Crippen LogP contribution is -2.26. The number of carbonyl (C=O) groups is 2. The van der Waals surface area contributed by atoms with Crippen LogP contribution in [0.5, 0.6) is 0 Å².